The standard InChI is InChI=1S/C12H14FNO3/c1-17-11(16)10(14)12(5-6-12)7-3-2-4-8(13)9(7)15/h2-4,10,15H,5-6,14H2,1H3. The van der Waals surface area contributed by atoms with E-state index in [0.717, 1.165) is 0 Å². The lowest BCUT2D eigenvalue weighted by Gasteiger charge is -2.22. The van der Waals surface area contributed by atoms with Crippen molar-refractivity contribution in [2.24, 2.45) is 5.73 Å². The molecule has 0 saturated heterocycles. The number of carbonyl (C=O) groups excluding carboxylic acids is 1. The quantitative estimate of drug-likeness (QED) is 0.774. The number of halogens is 1. The van der Waals surface area contributed by atoms with Crippen molar-refractivity contribution in [1.29, 1.82) is 0 Å². The van der Waals surface area contributed by atoms with Crippen molar-refractivity contribution < 1.29 is 19.0 Å². The summed E-state index contributed by atoms with van der Waals surface area (Å²) in [6, 6.07) is 3.38. The van der Waals surface area contributed by atoms with Crippen LogP contribution in [0.25, 0.3) is 0 Å². The number of phenolic OH excluding ortho intramolecular Hbond substituents is 1. The highest BCUT2D eigenvalue weighted by atomic mass is 19.1. The molecule has 4 nitrogen and oxygen atoms in total. The zero-order chi connectivity index (χ0) is 12.6. The minimum absolute atomic E-state index is 0.385. The van der Waals surface area contributed by atoms with Crippen molar-refractivity contribution >= 4 is 5.97 Å². The van der Waals surface area contributed by atoms with E-state index in [-0.39, 0.29) is 0 Å². The van der Waals surface area contributed by atoms with Crippen LogP contribution in [0.4, 0.5) is 4.39 Å². The molecule has 1 unspecified atom stereocenters. The number of benzene rings is 1. The third-order valence-corrected chi connectivity index (χ3v) is 3.36. The van der Waals surface area contributed by atoms with Gasteiger partial charge in [-0.25, -0.2) is 4.39 Å². The van der Waals surface area contributed by atoms with Crippen molar-refractivity contribution in [2.45, 2.75) is 24.3 Å². The number of hydrogen-bond donors (Lipinski definition) is 2. The van der Waals surface area contributed by atoms with Crippen LogP contribution in [-0.2, 0) is 14.9 Å². The number of para-hydroxylation sites is 1. The first-order valence-corrected chi connectivity index (χ1v) is 5.34. The smallest absolute Gasteiger partial charge is 0.323 e. The molecule has 0 radical (unpaired) electrons. The molecule has 0 aromatic heterocycles. The number of methoxy groups -OCH3 is 1. The Labute approximate surface area is 98.2 Å². The molecule has 17 heavy (non-hydrogen) atoms. The van der Waals surface area contributed by atoms with Gasteiger partial charge in [-0.2, -0.15) is 0 Å². The summed E-state index contributed by atoms with van der Waals surface area (Å²) in [5, 5.41) is 9.69. The molecule has 3 N–H and O–H groups in total. The first-order chi connectivity index (χ1) is 8.03. The highest BCUT2D eigenvalue weighted by molar-refractivity contribution is 5.79. The van der Waals surface area contributed by atoms with Gasteiger partial charge < -0.3 is 15.6 Å². The summed E-state index contributed by atoms with van der Waals surface area (Å²) in [5.41, 5.74) is 5.51. The maximum atomic E-state index is 13.3. The molecule has 1 fully saturated rings. The summed E-state index contributed by atoms with van der Waals surface area (Å²) in [4.78, 5) is 11.4. The second-order valence-electron chi connectivity index (χ2n) is 4.29. The molecule has 0 aliphatic heterocycles. The Balaban J connectivity index is 2.39. The fourth-order valence-corrected chi connectivity index (χ4v) is 2.15. The van der Waals surface area contributed by atoms with Crippen LogP contribution >= 0.6 is 0 Å². The van der Waals surface area contributed by atoms with Gasteiger partial charge in [-0.15, -0.1) is 0 Å². The topological polar surface area (TPSA) is 72.5 Å². The number of rotatable bonds is 3. The van der Waals surface area contributed by atoms with Crippen LogP contribution in [-0.4, -0.2) is 24.2 Å². The molecule has 5 heteroatoms. The summed E-state index contributed by atoms with van der Waals surface area (Å²) in [5.74, 6) is -1.68. The molecule has 0 spiro atoms. The third-order valence-electron chi connectivity index (χ3n) is 3.36. The first kappa shape index (κ1) is 11.9. The summed E-state index contributed by atoms with van der Waals surface area (Å²) in [7, 11) is 1.25. The molecule has 1 saturated carbocycles. The van der Waals surface area contributed by atoms with Gasteiger partial charge >= 0.3 is 5.97 Å². The number of aromatic hydroxyl groups is 1. The van der Waals surface area contributed by atoms with Gasteiger partial charge in [0.15, 0.2) is 11.6 Å². The van der Waals surface area contributed by atoms with E-state index in [1.807, 2.05) is 0 Å². The molecule has 2 rings (SSSR count). The van der Waals surface area contributed by atoms with Gasteiger partial charge in [0.25, 0.3) is 0 Å². The summed E-state index contributed by atoms with van der Waals surface area (Å²) >= 11 is 0. The average Bonchev–Trinajstić information content (AvgIpc) is 3.12. The molecule has 92 valence electrons. The van der Waals surface area contributed by atoms with Crippen molar-refractivity contribution in [2.75, 3.05) is 7.11 Å². The number of carbonyl (C=O) groups is 1. The predicted molar refractivity (Wildman–Crippen MR) is 59.0 cm³/mol. The van der Waals surface area contributed by atoms with E-state index in [2.05, 4.69) is 4.74 Å². The lowest BCUT2D eigenvalue weighted by atomic mass is 9.87. The van der Waals surface area contributed by atoms with Gasteiger partial charge in [0.2, 0.25) is 0 Å². The molecule has 0 bridgehead atoms. The molecule has 1 aliphatic carbocycles. The van der Waals surface area contributed by atoms with E-state index < -0.39 is 29.0 Å². The van der Waals surface area contributed by atoms with E-state index >= 15 is 0 Å². The first-order valence-electron chi connectivity index (χ1n) is 5.34. The minimum atomic E-state index is -0.875. The van der Waals surface area contributed by atoms with Crippen LogP contribution in [0.2, 0.25) is 0 Å². The lowest BCUT2D eigenvalue weighted by molar-refractivity contribution is -0.143. The van der Waals surface area contributed by atoms with E-state index in [9.17, 15) is 14.3 Å². The van der Waals surface area contributed by atoms with Gasteiger partial charge in [0.05, 0.1) is 7.11 Å². The van der Waals surface area contributed by atoms with Crippen LogP contribution in [0, 0.1) is 5.82 Å². The van der Waals surface area contributed by atoms with Crippen LogP contribution in [0.1, 0.15) is 18.4 Å². The second-order valence-corrected chi connectivity index (χ2v) is 4.29. The monoisotopic (exact) mass is 239 g/mol. The van der Waals surface area contributed by atoms with Gasteiger partial charge in [-0.05, 0) is 18.9 Å². The van der Waals surface area contributed by atoms with Crippen LogP contribution in [0.5, 0.6) is 5.75 Å². The van der Waals surface area contributed by atoms with E-state index in [4.69, 9.17) is 5.73 Å². The molecule has 1 atom stereocenters. The molecular weight excluding hydrogens is 225 g/mol. The zero-order valence-corrected chi connectivity index (χ0v) is 9.44. The van der Waals surface area contributed by atoms with Crippen molar-refractivity contribution in [3.8, 4) is 5.75 Å². The van der Waals surface area contributed by atoms with Crippen LogP contribution in [0.15, 0.2) is 18.2 Å². The molecule has 1 aliphatic rings. The Kier molecular flexibility index (Phi) is 2.79. The van der Waals surface area contributed by atoms with Crippen LogP contribution < -0.4 is 5.73 Å². The van der Waals surface area contributed by atoms with Crippen molar-refractivity contribution in [3.05, 3.63) is 29.6 Å². The molecule has 1 aromatic rings. The average molecular weight is 239 g/mol. The van der Waals surface area contributed by atoms with Crippen LogP contribution in [0.3, 0.4) is 0 Å². The normalized spacial score (nSPS) is 18.5. The van der Waals surface area contributed by atoms with Gasteiger partial charge in [0, 0.05) is 11.0 Å². The Bertz CT molecular complexity index is 457. The molecule has 0 heterocycles. The Hall–Kier alpha value is -1.62. The van der Waals surface area contributed by atoms with Gasteiger partial charge in [0.1, 0.15) is 6.04 Å². The van der Waals surface area contributed by atoms with E-state index in [0.29, 0.717) is 18.4 Å². The molecule has 0 amide bonds. The van der Waals surface area contributed by atoms with E-state index in [1.54, 1.807) is 6.07 Å². The second kappa shape index (κ2) is 4.00. The van der Waals surface area contributed by atoms with Gasteiger partial charge in [-0.3, -0.25) is 4.79 Å². The molecule has 1 aromatic carbocycles. The highest BCUT2D eigenvalue weighted by Gasteiger charge is 2.54. The fraction of sp³-hybridized carbons (Fsp3) is 0.417. The Morgan fingerprint density at radius 3 is 2.76 bits per heavy atom. The maximum absolute atomic E-state index is 13.3. The number of ether oxygens (including phenoxy) is 1. The maximum Gasteiger partial charge on any atom is 0.323 e. The van der Waals surface area contributed by atoms with Crippen molar-refractivity contribution in [1.82, 2.24) is 0 Å². The third kappa shape index (κ3) is 1.76. The number of hydrogen-bond acceptors (Lipinski definition) is 4. The number of nitrogens with two attached hydrogens (primary N) is 1. The summed E-state index contributed by atoms with van der Waals surface area (Å²) < 4.78 is 17.9. The Morgan fingerprint density at radius 2 is 2.24 bits per heavy atom. The van der Waals surface area contributed by atoms with E-state index in [1.165, 1.54) is 19.2 Å². The SMILES string of the molecule is COC(=O)C(N)C1(c2cccc(F)c2O)CC1. The molecular formula is C12H14FNO3. The number of phenols is 1. The fourth-order valence-electron chi connectivity index (χ4n) is 2.15. The highest BCUT2D eigenvalue weighted by Crippen LogP contribution is 2.53. The zero-order valence-electron chi connectivity index (χ0n) is 9.44. The largest absolute Gasteiger partial charge is 0.505 e. The minimum Gasteiger partial charge on any atom is -0.505 e. The Morgan fingerprint density at radius 1 is 1.59 bits per heavy atom. The van der Waals surface area contributed by atoms with Gasteiger partial charge in [-0.1, -0.05) is 12.1 Å². The summed E-state index contributed by atoms with van der Waals surface area (Å²) in [6.07, 6.45) is 1.28. The number of esters is 1. The predicted octanol–water partition coefficient (Wildman–Crippen LogP) is 1.06. The lowest BCUT2D eigenvalue weighted by Crippen LogP contribution is -2.42. The summed E-state index contributed by atoms with van der Waals surface area (Å²) in [6.45, 7) is 0. The van der Waals surface area contributed by atoms with Crippen molar-refractivity contribution in [3.63, 3.8) is 0 Å².